The minimum absolute atomic E-state index is 0.00222. The normalized spacial score (nSPS) is 16.5. The lowest BCUT2D eigenvalue weighted by molar-refractivity contribution is -0.126. The van der Waals surface area contributed by atoms with Gasteiger partial charge in [0.05, 0.1) is 10.8 Å². The highest BCUT2D eigenvalue weighted by molar-refractivity contribution is 7.12. The zero-order valence-corrected chi connectivity index (χ0v) is 17.0. The third kappa shape index (κ3) is 4.78. The summed E-state index contributed by atoms with van der Waals surface area (Å²) >= 11 is 1.42. The molecule has 0 spiro atoms. The lowest BCUT2D eigenvalue weighted by Gasteiger charge is -2.31. The van der Waals surface area contributed by atoms with Gasteiger partial charge in [0.25, 0.3) is 11.8 Å². The van der Waals surface area contributed by atoms with E-state index in [0.717, 1.165) is 18.4 Å². The summed E-state index contributed by atoms with van der Waals surface area (Å²) in [5.74, 6) is -0.317. The molecule has 1 atom stereocenters. The number of likely N-dealkylation sites (tertiary alicyclic amines) is 1. The molecule has 1 saturated heterocycles. The summed E-state index contributed by atoms with van der Waals surface area (Å²) in [6, 6.07) is 11.0. The van der Waals surface area contributed by atoms with Gasteiger partial charge in [0.1, 0.15) is 0 Å². The maximum atomic E-state index is 12.6. The Kier molecular flexibility index (Phi) is 6.46. The second-order valence-corrected chi connectivity index (χ2v) is 8.13. The Hall–Kier alpha value is -2.67. The molecular formula is C21H25N3O3S. The number of rotatable bonds is 5. The number of carbonyl (C=O) groups excluding carboxylic acids is 3. The molecule has 148 valence electrons. The Morgan fingerprint density at radius 1 is 1.21 bits per heavy atom. The second kappa shape index (κ2) is 9.01. The van der Waals surface area contributed by atoms with Gasteiger partial charge in [-0.15, -0.1) is 11.3 Å². The van der Waals surface area contributed by atoms with Crippen LogP contribution in [-0.4, -0.2) is 54.7 Å². The maximum Gasteiger partial charge on any atom is 0.263 e. The van der Waals surface area contributed by atoms with Crippen molar-refractivity contribution in [2.45, 2.75) is 19.4 Å². The molecular weight excluding hydrogens is 374 g/mol. The van der Waals surface area contributed by atoms with Gasteiger partial charge in [0.2, 0.25) is 5.91 Å². The van der Waals surface area contributed by atoms with E-state index in [9.17, 15) is 14.4 Å². The van der Waals surface area contributed by atoms with Gasteiger partial charge < -0.3 is 15.1 Å². The Bertz CT molecular complexity index is 848. The Morgan fingerprint density at radius 3 is 2.75 bits per heavy atom. The fourth-order valence-corrected chi connectivity index (χ4v) is 4.03. The number of nitrogens with one attached hydrogen (secondary N) is 1. The molecule has 1 aromatic carbocycles. The highest BCUT2D eigenvalue weighted by Gasteiger charge is 2.29. The van der Waals surface area contributed by atoms with Crippen LogP contribution in [0, 0.1) is 5.92 Å². The van der Waals surface area contributed by atoms with E-state index in [-0.39, 0.29) is 23.6 Å². The first-order valence-corrected chi connectivity index (χ1v) is 10.2. The minimum Gasteiger partial charge on any atom is -0.352 e. The SMILES string of the molecule is CN(C)C(=O)c1cccc(CNC(=O)C2CCCN(C(=O)c3cccs3)C2)c1. The summed E-state index contributed by atoms with van der Waals surface area (Å²) in [5.41, 5.74) is 1.48. The first kappa shape index (κ1) is 20.1. The number of nitrogens with zero attached hydrogens (tertiary/aromatic N) is 2. The largest absolute Gasteiger partial charge is 0.352 e. The van der Waals surface area contributed by atoms with E-state index in [2.05, 4.69) is 5.32 Å². The predicted molar refractivity (Wildman–Crippen MR) is 109 cm³/mol. The van der Waals surface area contributed by atoms with E-state index < -0.39 is 0 Å². The molecule has 0 bridgehead atoms. The molecule has 1 aliphatic heterocycles. The third-order valence-electron chi connectivity index (χ3n) is 4.86. The van der Waals surface area contributed by atoms with E-state index in [4.69, 9.17) is 0 Å². The van der Waals surface area contributed by atoms with E-state index >= 15 is 0 Å². The van der Waals surface area contributed by atoms with Crippen LogP contribution in [0.1, 0.15) is 38.4 Å². The van der Waals surface area contributed by atoms with E-state index in [1.807, 2.05) is 29.6 Å². The van der Waals surface area contributed by atoms with Crippen LogP contribution in [0.25, 0.3) is 0 Å². The number of hydrogen-bond donors (Lipinski definition) is 1. The summed E-state index contributed by atoms with van der Waals surface area (Å²) in [6.07, 6.45) is 1.60. The average molecular weight is 400 g/mol. The molecule has 2 aromatic rings. The fourth-order valence-electron chi connectivity index (χ4n) is 3.34. The number of hydrogen-bond acceptors (Lipinski definition) is 4. The van der Waals surface area contributed by atoms with Gasteiger partial charge >= 0.3 is 0 Å². The molecule has 1 aliphatic rings. The Balaban J connectivity index is 1.57. The van der Waals surface area contributed by atoms with Crippen LogP contribution in [0.3, 0.4) is 0 Å². The molecule has 6 nitrogen and oxygen atoms in total. The lowest BCUT2D eigenvalue weighted by atomic mass is 9.96. The number of thiophene rings is 1. The van der Waals surface area contributed by atoms with Crippen molar-refractivity contribution in [2.24, 2.45) is 5.92 Å². The highest BCUT2D eigenvalue weighted by atomic mass is 32.1. The van der Waals surface area contributed by atoms with Crippen molar-refractivity contribution in [3.8, 4) is 0 Å². The minimum atomic E-state index is -0.204. The first-order chi connectivity index (χ1) is 13.5. The smallest absolute Gasteiger partial charge is 0.263 e. The summed E-state index contributed by atoms with van der Waals surface area (Å²) < 4.78 is 0. The van der Waals surface area contributed by atoms with Crippen LogP contribution in [0.15, 0.2) is 41.8 Å². The van der Waals surface area contributed by atoms with Gasteiger partial charge in [-0.25, -0.2) is 0 Å². The standard InChI is InChI=1S/C21H25N3O3S/c1-23(2)20(26)16-7-3-6-15(12-16)13-22-19(25)17-8-4-10-24(14-17)21(27)18-9-5-11-28-18/h3,5-7,9,11-12,17H,4,8,10,13-14H2,1-2H3,(H,22,25). The molecule has 2 heterocycles. The van der Waals surface area contributed by atoms with Crippen molar-refractivity contribution in [1.82, 2.24) is 15.1 Å². The van der Waals surface area contributed by atoms with Crippen molar-refractivity contribution in [3.63, 3.8) is 0 Å². The van der Waals surface area contributed by atoms with Gasteiger partial charge in [0, 0.05) is 39.3 Å². The van der Waals surface area contributed by atoms with E-state index in [0.29, 0.717) is 30.1 Å². The van der Waals surface area contributed by atoms with Gasteiger partial charge in [-0.1, -0.05) is 18.2 Å². The number of carbonyl (C=O) groups is 3. The third-order valence-corrected chi connectivity index (χ3v) is 5.72. The fraction of sp³-hybridized carbons (Fsp3) is 0.381. The van der Waals surface area contributed by atoms with Gasteiger partial charge in [-0.3, -0.25) is 14.4 Å². The number of piperidine rings is 1. The number of benzene rings is 1. The maximum absolute atomic E-state index is 12.6. The quantitative estimate of drug-likeness (QED) is 0.840. The first-order valence-electron chi connectivity index (χ1n) is 9.37. The van der Waals surface area contributed by atoms with Gasteiger partial charge in [-0.2, -0.15) is 0 Å². The summed E-state index contributed by atoms with van der Waals surface area (Å²) in [6.45, 7) is 1.50. The molecule has 0 saturated carbocycles. The molecule has 3 amide bonds. The van der Waals surface area contributed by atoms with E-state index in [1.54, 1.807) is 31.1 Å². The van der Waals surface area contributed by atoms with Crippen molar-refractivity contribution in [2.75, 3.05) is 27.2 Å². The lowest BCUT2D eigenvalue weighted by Crippen LogP contribution is -2.45. The Labute approximate surface area is 169 Å². The van der Waals surface area contributed by atoms with E-state index in [1.165, 1.54) is 16.2 Å². The predicted octanol–water partition coefficient (Wildman–Crippen LogP) is 2.62. The van der Waals surface area contributed by atoms with Crippen LogP contribution in [0.4, 0.5) is 0 Å². The molecule has 1 N–H and O–H groups in total. The molecule has 3 rings (SSSR count). The molecule has 1 fully saturated rings. The zero-order chi connectivity index (χ0) is 20.1. The monoisotopic (exact) mass is 399 g/mol. The molecule has 1 unspecified atom stereocenters. The van der Waals surface area contributed by atoms with Crippen LogP contribution >= 0.6 is 11.3 Å². The molecule has 28 heavy (non-hydrogen) atoms. The highest BCUT2D eigenvalue weighted by Crippen LogP contribution is 2.21. The van der Waals surface area contributed by atoms with Crippen LogP contribution < -0.4 is 5.32 Å². The zero-order valence-electron chi connectivity index (χ0n) is 16.2. The van der Waals surface area contributed by atoms with Gasteiger partial charge in [0.15, 0.2) is 0 Å². The summed E-state index contributed by atoms with van der Waals surface area (Å²) in [4.78, 5) is 41.3. The van der Waals surface area contributed by atoms with Crippen molar-refractivity contribution < 1.29 is 14.4 Å². The molecule has 7 heteroatoms. The average Bonchev–Trinajstić information content (AvgIpc) is 3.26. The molecule has 0 radical (unpaired) electrons. The van der Waals surface area contributed by atoms with Crippen molar-refractivity contribution >= 4 is 29.1 Å². The van der Waals surface area contributed by atoms with Crippen molar-refractivity contribution in [1.29, 1.82) is 0 Å². The van der Waals surface area contributed by atoms with Gasteiger partial charge in [-0.05, 0) is 42.0 Å². The molecule has 1 aromatic heterocycles. The summed E-state index contributed by atoms with van der Waals surface area (Å²) in [5, 5.41) is 4.84. The topological polar surface area (TPSA) is 69.7 Å². The summed E-state index contributed by atoms with van der Waals surface area (Å²) in [7, 11) is 3.42. The second-order valence-electron chi connectivity index (χ2n) is 7.19. The van der Waals surface area contributed by atoms with Crippen LogP contribution in [0.2, 0.25) is 0 Å². The van der Waals surface area contributed by atoms with Crippen molar-refractivity contribution in [3.05, 3.63) is 57.8 Å². The van der Waals surface area contributed by atoms with Crippen LogP contribution in [-0.2, 0) is 11.3 Å². The number of amides is 3. The molecule has 0 aliphatic carbocycles. The van der Waals surface area contributed by atoms with Crippen LogP contribution in [0.5, 0.6) is 0 Å². The Morgan fingerprint density at radius 2 is 2.04 bits per heavy atom.